The van der Waals surface area contributed by atoms with Gasteiger partial charge in [0, 0.05) is 45.1 Å². The number of halogens is 1. The summed E-state index contributed by atoms with van der Waals surface area (Å²) in [5.74, 6) is 0.292. The van der Waals surface area contributed by atoms with E-state index >= 15 is 0 Å². The molecular formula is C18H26ClN3O4. The zero-order valence-electron chi connectivity index (χ0n) is 15.2. The highest BCUT2D eigenvalue weighted by Crippen LogP contribution is 2.28. The maximum atomic E-state index is 12.0. The summed E-state index contributed by atoms with van der Waals surface area (Å²) in [6.45, 7) is 3.80. The van der Waals surface area contributed by atoms with E-state index in [1.165, 1.54) is 0 Å². The van der Waals surface area contributed by atoms with Crippen molar-refractivity contribution < 1.29 is 19.1 Å². The molecule has 2 amide bonds. The van der Waals surface area contributed by atoms with Crippen LogP contribution in [0.15, 0.2) is 18.2 Å². The number of hydrogen-bond acceptors (Lipinski definition) is 5. The van der Waals surface area contributed by atoms with Crippen molar-refractivity contribution in [1.82, 2.24) is 10.2 Å². The normalized spacial score (nSPS) is 16.2. The van der Waals surface area contributed by atoms with Crippen molar-refractivity contribution >= 4 is 23.4 Å². The van der Waals surface area contributed by atoms with Crippen LogP contribution in [0.4, 0.5) is 0 Å². The molecule has 0 radical (unpaired) electrons. The first-order chi connectivity index (χ1) is 12.4. The zero-order chi connectivity index (χ0) is 19.1. The van der Waals surface area contributed by atoms with Crippen LogP contribution in [0.1, 0.15) is 30.1 Å². The lowest BCUT2D eigenvalue weighted by Gasteiger charge is -2.33. The highest BCUT2D eigenvalue weighted by molar-refractivity contribution is 6.32. The van der Waals surface area contributed by atoms with Crippen molar-refractivity contribution in [1.29, 1.82) is 0 Å². The van der Waals surface area contributed by atoms with Gasteiger partial charge in [-0.25, -0.2) is 0 Å². The number of nitrogens with two attached hydrogens (primary N) is 1. The van der Waals surface area contributed by atoms with E-state index in [-0.39, 0.29) is 17.9 Å². The molecule has 0 bridgehead atoms. The van der Waals surface area contributed by atoms with Crippen molar-refractivity contribution in [2.24, 2.45) is 5.73 Å². The Bertz CT molecular complexity index is 631. The summed E-state index contributed by atoms with van der Waals surface area (Å²) in [6, 6.07) is 4.49. The quantitative estimate of drug-likeness (QED) is 0.695. The highest BCUT2D eigenvalue weighted by atomic mass is 35.5. The van der Waals surface area contributed by atoms with E-state index in [1.807, 2.05) is 0 Å². The van der Waals surface area contributed by atoms with Gasteiger partial charge in [-0.1, -0.05) is 11.6 Å². The molecule has 0 unspecified atom stereocenters. The fourth-order valence-electron chi connectivity index (χ4n) is 2.77. The number of hydrogen-bond donors (Lipinski definition) is 2. The van der Waals surface area contributed by atoms with Gasteiger partial charge in [0.2, 0.25) is 5.91 Å². The second kappa shape index (κ2) is 9.75. The molecule has 1 heterocycles. The molecule has 1 atom stereocenters. The number of methoxy groups -OCH3 is 1. The van der Waals surface area contributed by atoms with Gasteiger partial charge in [0.15, 0.2) is 0 Å². The van der Waals surface area contributed by atoms with Gasteiger partial charge in [0.25, 0.3) is 5.91 Å². The van der Waals surface area contributed by atoms with E-state index in [0.29, 0.717) is 55.4 Å². The standard InChI is InChI=1S/C18H26ClN3O4/c1-12(20)18(24)22-8-5-14(6-9-22)26-16-4-3-13(11-15(16)19)17(23)21-7-10-25-2/h3-4,11-12,14H,5-10,20H2,1-2H3,(H,21,23)/t12-/m0/s1. The van der Waals surface area contributed by atoms with Gasteiger partial charge in [0.1, 0.15) is 11.9 Å². The van der Waals surface area contributed by atoms with Crippen LogP contribution >= 0.6 is 11.6 Å². The summed E-state index contributed by atoms with van der Waals surface area (Å²) in [6.07, 6.45) is 1.41. The Labute approximate surface area is 158 Å². The lowest BCUT2D eigenvalue weighted by Crippen LogP contribution is -2.47. The first-order valence-corrected chi connectivity index (χ1v) is 9.08. The average Bonchev–Trinajstić information content (AvgIpc) is 2.63. The van der Waals surface area contributed by atoms with Crippen molar-refractivity contribution in [3.8, 4) is 5.75 Å². The van der Waals surface area contributed by atoms with Gasteiger partial charge >= 0.3 is 0 Å². The highest BCUT2D eigenvalue weighted by Gasteiger charge is 2.26. The minimum absolute atomic E-state index is 0.0222. The number of amides is 2. The van der Waals surface area contributed by atoms with Gasteiger partial charge in [-0.15, -0.1) is 0 Å². The van der Waals surface area contributed by atoms with Crippen molar-refractivity contribution in [3.63, 3.8) is 0 Å². The molecule has 1 saturated heterocycles. The van der Waals surface area contributed by atoms with Crippen LogP contribution in [-0.4, -0.2) is 62.2 Å². The van der Waals surface area contributed by atoms with Crippen molar-refractivity contribution in [3.05, 3.63) is 28.8 Å². The summed E-state index contributed by atoms with van der Waals surface area (Å²) in [4.78, 5) is 25.7. The molecule has 1 aliphatic rings. The van der Waals surface area contributed by atoms with Crippen LogP contribution in [0.2, 0.25) is 5.02 Å². The smallest absolute Gasteiger partial charge is 0.251 e. The SMILES string of the molecule is COCCNC(=O)c1ccc(OC2CCN(C(=O)[C@H](C)N)CC2)c(Cl)c1. The van der Waals surface area contributed by atoms with E-state index in [9.17, 15) is 9.59 Å². The first-order valence-electron chi connectivity index (χ1n) is 8.70. The molecule has 0 spiro atoms. The predicted molar refractivity (Wildman–Crippen MR) is 99.5 cm³/mol. The van der Waals surface area contributed by atoms with Crippen LogP contribution in [0.3, 0.4) is 0 Å². The molecule has 0 aliphatic carbocycles. The van der Waals surface area contributed by atoms with E-state index in [1.54, 1.807) is 37.1 Å². The number of ether oxygens (including phenoxy) is 2. The molecule has 144 valence electrons. The minimum Gasteiger partial charge on any atom is -0.489 e. The van der Waals surface area contributed by atoms with Gasteiger partial charge < -0.3 is 25.4 Å². The number of nitrogens with one attached hydrogen (secondary N) is 1. The molecule has 26 heavy (non-hydrogen) atoms. The fraction of sp³-hybridized carbons (Fsp3) is 0.556. The van der Waals surface area contributed by atoms with Crippen molar-refractivity contribution in [2.45, 2.75) is 31.9 Å². The Balaban J connectivity index is 1.89. The molecule has 2 rings (SSSR count). The topological polar surface area (TPSA) is 93.9 Å². The number of likely N-dealkylation sites (tertiary alicyclic amines) is 1. The third-order valence-corrected chi connectivity index (χ3v) is 4.52. The number of rotatable bonds is 7. The monoisotopic (exact) mass is 383 g/mol. The molecule has 3 N–H and O–H groups in total. The second-order valence-corrected chi connectivity index (χ2v) is 6.73. The Hall–Kier alpha value is -1.83. The maximum Gasteiger partial charge on any atom is 0.251 e. The van der Waals surface area contributed by atoms with E-state index in [4.69, 9.17) is 26.8 Å². The van der Waals surface area contributed by atoms with Gasteiger partial charge in [-0.3, -0.25) is 9.59 Å². The van der Waals surface area contributed by atoms with Crippen molar-refractivity contribution in [2.75, 3.05) is 33.4 Å². The third-order valence-electron chi connectivity index (χ3n) is 4.22. The summed E-state index contributed by atoms with van der Waals surface area (Å²) >= 11 is 6.26. The minimum atomic E-state index is -0.482. The number of carbonyl (C=O) groups excluding carboxylic acids is 2. The van der Waals surface area contributed by atoms with E-state index < -0.39 is 6.04 Å². The third kappa shape index (κ3) is 5.59. The Kier molecular flexibility index (Phi) is 7.68. The molecule has 0 aromatic heterocycles. The molecule has 8 heteroatoms. The largest absolute Gasteiger partial charge is 0.489 e. The van der Waals surface area contributed by atoms with Crippen LogP contribution in [0.25, 0.3) is 0 Å². The van der Waals surface area contributed by atoms with Crippen LogP contribution in [-0.2, 0) is 9.53 Å². The average molecular weight is 384 g/mol. The van der Waals surface area contributed by atoms with Crippen LogP contribution < -0.4 is 15.8 Å². The molecule has 1 aromatic rings. The Morgan fingerprint density at radius 2 is 2.08 bits per heavy atom. The first kappa shape index (κ1) is 20.5. The molecule has 7 nitrogen and oxygen atoms in total. The lowest BCUT2D eigenvalue weighted by molar-refractivity contribution is -0.133. The summed E-state index contributed by atoms with van der Waals surface area (Å²) in [5.41, 5.74) is 6.11. The summed E-state index contributed by atoms with van der Waals surface area (Å²) in [5, 5.41) is 3.13. The van der Waals surface area contributed by atoms with Crippen LogP contribution in [0.5, 0.6) is 5.75 Å². The molecule has 0 saturated carbocycles. The number of nitrogens with zero attached hydrogens (tertiary/aromatic N) is 1. The maximum absolute atomic E-state index is 12.0. The van der Waals surface area contributed by atoms with Gasteiger partial charge in [-0.05, 0) is 25.1 Å². The lowest BCUT2D eigenvalue weighted by atomic mass is 10.1. The van der Waals surface area contributed by atoms with Gasteiger partial charge in [-0.2, -0.15) is 0 Å². The fourth-order valence-corrected chi connectivity index (χ4v) is 2.99. The Morgan fingerprint density at radius 3 is 2.65 bits per heavy atom. The Morgan fingerprint density at radius 1 is 1.38 bits per heavy atom. The van der Waals surface area contributed by atoms with Crippen LogP contribution in [0, 0.1) is 0 Å². The second-order valence-electron chi connectivity index (χ2n) is 6.33. The summed E-state index contributed by atoms with van der Waals surface area (Å²) in [7, 11) is 1.58. The van der Waals surface area contributed by atoms with E-state index in [0.717, 1.165) is 0 Å². The molecular weight excluding hydrogens is 358 g/mol. The number of piperidine rings is 1. The summed E-state index contributed by atoms with van der Waals surface area (Å²) < 4.78 is 10.9. The number of carbonyl (C=O) groups is 2. The predicted octanol–water partition coefficient (Wildman–Crippen LogP) is 1.43. The van der Waals surface area contributed by atoms with E-state index in [2.05, 4.69) is 5.32 Å². The molecule has 1 aliphatic heterocycles. The number of benzene rings is 1. The molecule has 1 aromatic carbocycles. The molecule has 1 fully saturated rings. The van der Waals surface area contributed by atoms with Gasteiger partial charge in [0.05, 0.1) is 17.7 Å². The zero-order valence-corrected chi connectivity index (χ0v) is 15.9.